The molecule has 0 spiro atoms. The van der Waals surface area contributed by atoms with Gasteiger partial charge in [-0.3, -0.25) is 4.79 Å². The lowest BCUT2D eigenvalue weighted by Crippen LogP contribution is -2.60. The van der Waals surface area contributed by atoms with E-state index in [9.17, 15) is 30.3 Å². The summed E-state index contributed by atoms with van der Waals surface area (Å²) < 4.78 is 11.3. The van der Waals surface area contributed by atoms with Crippen LogP contribution in [0.4, 0.5) is 0 Å². The summed E-state index contributed by atoms with van der Waals surface area (Å²) in [6, 6.07) is -0.824. The van der Waals surface area contributed by atoms with Gasteiger partial charge in [-0.25, -0.2) is 0 Å². The molecule has 504 valence electrons. The van der Waals surface area contributed by atoms with Gasteiger partial charge in [0.05, 0.1) is 25.4 Å². The van der Waals surface area contributed by atoms with Crippen LogP contribution in [0.1, 0.15) is 367 Å². The van der Waals surface area contributed by atoms with Crippen molar-refractivity contribution >= 4 is 5.91 Å². The van der Waals surface area contributed by atoms with Gasteiger partial charge in [-0.15, -0.1) is 0 Å². The number of ether oxygens (including phenoxy) is 2. The lowest BCUT2D eigenvalue weighted by atomic mass is 9.99. The molecule has 1 fully saturated rings. The van der Waals surface area contributed by atoms with E-state index in [0.29, 0.717) is 6.42 Å². The molecule has 1 aliphatic heterocycles. The van der Waals surface area contributed by atoms with Crippen molar-refractivity contribution in [3.05, 3.63) is 60.8 Å². The van der Waals surface area contributed by atoms with Crippen LogP contribution in [0.5, 0.6) is 0 Å². The zero-order valence-corrected chi connectivity index (χ0v) is 56.6. The van der Waals surface area contributed by atoms with E-state index in [0.717, 1.165) is 51.4 Å². The van der Waals surface area contributed by atoms with Crippen LogP contribution in [0.25, 0.3) is 0 Å². The second-order valence-electron chi connectivity index (χ2n) is 26.1. The average molecular weight is 1210 g/mol. The summed E-state index contributed by atoms with van der Waals surface area (Å²) in [7, 11) is 0. The number of carbonyl (C=O) groups is 1. The Balaban J connectivity index is 2.10. The van der Waals surface area contributed by atoms with E-state index in [1.165, 1.54) is 295 Å². The van der Waals surface area contributed by atoms with Crippen LogP contribution in [0.2, 0.25) is 0 Å². The molecule has 1 amide bonds. The summed E-state index contributed by atoms with van der Waals surface area (Å²) in [6.45, 7) is 3.80. The summed E-state index contributed by atoms with van der Waals surface area (Å²) in [4.78, 5) is 13.1. The number of hydrogen-bond acceptors (Lipinski definition) is 8. The molecule has 9 nitrogen and oxygen atoms in total. The van der Waals surface area contributed by atoms with Crippen LogP contribution in [-0.4, -0.2) is 87.5 Å². The van der Waals surface area contributed by atoms with Gasteiger partial charge in [-0.2, -0.15) is 0 Å². The molecular weight excluding hydrogens is 1070 g/mol. The zero-order valence-electron chi connectivity index (χ0n) is 56.6. The molecule has 0 bridgehead atoms. The predicted octanol–water partition coefficient (Wildman–Crippen LogP) is 20.9. The number of rotatable bonds is 66. The van der Waals surface area contributed by atoms with Gasteiger partial charge in [0.2, 0.25) is 5.91 Å². The number of aliphatic hydroxyl groups is 5. The molecule has 0 aromatic rings. The topological polar surface area (TPSA) is 149 Å². The van der Waals surface area contributed by atoms with Gasteiger partial charge in [0.1, 0.15) is 24.4 Å². The van der Waals surface area contributed by atoms with Crippen molar-refractivity contribution in [1.29, 1.82) is 0 Å². The van der Waals surface area contributed by atoms with Crippen molar-refractivity contribution in [1.82, 2.24) is 5.32 Å². The maximum atomic E-state index is 13.1. The number of amides is 1. The first-order valence-electron chi connectivity index (χ1n) is 37.5. The van der Waals surface area contributed by atoms with Gasteiger partial charge in [-0.1, -0.05) is 351 Å². The fraction of sp³-hybridized carbons (Fsp3) is 0.857. The molecule has 1 heterocycles. The first-order valence-corrected chi connectivity index (χ1v) is 37.5. The molecule has 1 saturated heterocycles. The summed E-state index contributed by atoms with van der Waals surface area (Å²) >= 11 is 0. The third-order valence-corrected chi connectivity index (χ3v) is 17.8. The highest BCUT2D eigenvalue weighted by Gasteiger charge is 2.44. The van der Waals surface area contributed by atoms with Gasteiger partial charge in [0.15, 0.2) is 6.29 Å². The first-order chi connectivity index (χ1) is 42.3. The molecular formula is C77H143NO8. The van der Waals surface area contributed by atoms with E-state index in [2.05, 4.69) is 67.8 Å². The van der Waals surface area contributed by atoms with Crippen LogP contribution < -0.4 is 5.32 Å². The second kappa shape index (κ2) is 65.8. The highest BCUT2D eigenvalue weighted by molar-refractivity contribution is 5.76. The number of carbonyl (C=O) groups excluding carboxylic acids is 1. The second-order valence-corrected chi connectivity index (χ2v) is 26.1. The maximum Gasteiger partial charge on any atom is 0.220 e. The van der Waals surface area contributed by atoms with Crippen molar-refractivity contribution < 1.29 is 39.8 Å². The number of nitrogens with one attached hydrogen (secondary N) is 1. The highest BCUT2D eigenvalue weighted by Crippen LogP contribution is 2.23. The van der Waals surface area contributed by atoms with Crippen molar-refractivity contribution in [2.75, 3.05) is 13.2 Å². The summed E-state index contributed by atoms with van der Waals surface area (Å²) in [5.41, 5.74) is 0. The fourth-order valence-electron chi connectivity index (χ4n) is 12.0. The molecule has 0 aromatic heterocycles. The Morgan fingerprint density at radius 2 is 0.698 bits per heavy atom. The summed E-state index contributed by atoms with van der Waals surface area (Å²) in [6.07, 6.45) is 84.9. The quantitative estimate of drug-likeness (QED) is 0.0261. The van der Waals surface area contributed by atoms with E-state index in [1.54, 1.807) is 6.08 Å². The largest absolute Gasteiger partial charge is 0.394 e. The van der Waals surface area contributed by atoms with Crippen molar-refractivity contribution in [2.45, 2.75) is 410 Å². The molecule has 7 unspecified atom stereocenters. The Bertz CT molecular complexity index is 1540. The third kappa shape index (κ3) is 53.7. The SMILES string of the molecule is CCCCCCC/C=C\C/C=C\C/C=C\CCCCCCCCCCCCCCCCCCCCCCCCC(=O)NC(COC1OC(CO)C(O)C(O)C1O)C(O)/C=C/CC/C=C/CCCCCCCCCCCCCCCCCCCCCC. The Kier molecular flexibility index (Phi) is 62.7. The van der Waals surface area contributed by atoms with Crippen molar-refractivity contribution in [3.8, 4) is 0 Å². The fourth-order valence-corrected chi connectivity index (χ4v) is 12.0. The molecule has 0 aromatic carbocycles. The molecule has 1 aliphatic rings. The molecule has 86 heavy (non-hydrogen) atoms. The number of allylic oxidation sites excluding steroid dienone is 9. The molecule has 1 rings (SSSR count). The lowest BCUT2D eigenvalue weighted by molar-refractivity contribution is -0.302. The van der Waals surface area contributed by atoms with Crippen LogP contribution >= 0.6 is 0 Å². The molecule has 6 N–H and O–H groups in total. The van der Waals surface area contributed by atoms with Crippen LogP contribution in [0.15, 0.2) is 60.8 Å². The normalized spacial score (nSPS) is 18.3. The van der Waals surface area contributed by atoms with Gasteiger partial charge in [-0.05, 0) is 70.6 Å². The van der Waals surface area contributed by atoms with Crippen molar-refractivity contribution in [2.24, 2.45) is 0 Å². The molecule has 0 aliphatic carbocycles. The maximum absolute atomic E-state index is 13.1. The minimum absolute atomic E-state index is 0.180. The minimum atomic E-state index is -1.57. The Morgan fingerprint density at radius 1 is 0.395 bits per heavy atom. The molecule has 7 atom stereocenters. The van der Waals surface area contributed by atoms with Crippen LogP contribution in [0, 0.1) is 0 Å². The van der Waals surface area contributed by atoms with Gasteiger partial charge < -0.3 is 40.3 Å². The van der Waals surface area contributed by atoms with E-state index >= 15 is 0 Å². The highest BCUT2D eigenvalue weighted by atomic mass is 16.7. The molecule has 0 radical (unpaired) electrons. The Hall–Kier alpha value is -2.11. The Labute approximate surface area is 532 Å². The smallest absolute Gasteiger partial charge is 0.220 e. The predicted molar refractivity (Wildman–Crippen MR) is 369 cm³/mol. The van der Waals surface area contributed by atoms with E-state index in [4.69, 9.17) is 9.47 Å². The molecule has 9 heteroatoms. The zero-order chi connectivity index (χ0) is 62.1. The minimum Gasteiger partial charge on any atom is -0.394 e. The number of unbranched alkanes of at least 4 members (excludes halogenated alkanes) is 48. The third-order valence-electron chi connectivity index (χ3n) is 17.8. The summed E-state index contributed by atoms with van der Waals surface area (Å²) in [5.74, 6) is -0.180. The van der Waals surface area contributed by atoms with Crippen LogP contribution in [0.3, 0.4) is 0 Å². The van der Waals surface area contributed by atoms with Gasteiger partial charge in [0, 0.05) is 6.42 Å². The monoisotopic (exact) mass is 1210 g/mol. The average Bonchev–Trinajstić information content (AvgIpc) is 2.44. The lowest BCUT2D eigenvalue weighted by Gasteiger charge is -2.40. The van der Waals surface area contributed by atoms with Crippen LogP contribution in [-0.2, 0) is 14.3 Å². The van der Waals surface area contributed by atoms with Gasteiger partial charge >= 0.3 is 0 Å². The van der Waals surface area contributed by atoms with E-state index in [-0.39, 0.29) is 12.5 Å². The first kappa shape index (κ1) is 81.9. The van der Waals surface area contributed by atoms with Gasteiger partial charge in [0.25, 0.3) is 0 Å². The Morgan fingerprint density at radius 3 is 1.06 bits per heavy atom. The number of aliphatic hydroxyl groups excluding tert-OH is 5. The van der Waals surface area contributed by atoms with E-state index < -0.39 is 49.5 Å². The molecule has 0 saturated carbocycles. The van der Waals surface area contributed by atoms with Crippen molar-refractivity contribution in [3.63, 3.8) is 0 Å². The number of hydrogen-bond donors (Lipinski definition) is 6. The summed E-state index contributed by atoms with van der Waals surface area (Å²) in [5, 5.41) is 54.8. The standard InChI is InChI=1S/C77H143NO8/c1-3-5-7-9-11-13-15-17-19-21-23-25-27-29-31-32-33-34-35-36-37-38-39-40-41-43-45-47-49-51-53-55-57-59-61-63-65-67-73(81)78-70(69-85-77-76(84)75(83)74(82)72(68-79)86-77)71(80)66-64-62-60-58-56-54-52-50-48-46-44-42-30-28-26-24-22-20-18-16-14-12-10-8-6-4-2/h15,17,21,23,27,29,56,58,64,66,70-72,74-77,79-80,82-84H,3-14,16,18-20,22,24-26,28,30-55,57,59-63,65,67-69H2,1-2H3,(H,78,81)/b17-15-,23-21-,29-27-,58-56+,66-64+. The van der Waals surface area contributed by atoms with E-state index in [1.807, 2.05) is 6.08 Å².